The highest BCUT2D eigenvalue weighted by Crippen LogP contribution is 2.37. The van der Waals surface area contributed by atoms with E-state index in [-0.39, 0.29) is 18.8 Å². The van der Waals surface area contributed by atoms with Crippen LogP contribution in [0.25, 0.3) is 0 Å². The van der Waals surface area contributed by atoms with Crippen LogP contribution in [0.15, 0.2) is 30.5 Å². The highest BCUT2D eigenvalue weighted by molar-refractivity contribution is 6.30. The van der Waals surface area contributed by atoms with Crippen LogP contribution in [0.4, 0.5) is 24.8 Å². The zero-order chi connectivity index (χ0) is 20.5. The van der Waals surface area contributed by atoms with Gasteiger partial charge in [-0.15, -0.1) is 0 Å². The first-order valence-electron chi connectivity index (χ1n) is 8.11. The molecule has 7 nitrogen and oxygen atoms in total. The Morgan fingerprint density at radius 1 is 1.29 bits per heavy atom. The third-order valence-electron chi connectivity index (χ3n) is 4.26. The molecule has 0 bridgehead atoms. The number of nitrogens with one attached hydrogen (secondary N) is 1. The molecule has 1 saturated carbocycles. The van der Waals surface area contributed by atoms with Crippen LogP contribution in [0.5, 0.6) is 0 Å². The van der Waals surface area contributed by atoms with Gasteiger partial charge in [0.2, 0.25) is 5.95 Å². The lowest BCUT2D eigenvalue weighted by atomic mass is 9.79. The number of halogens is 4. The number of alkyl halides is 3. The minimum Gasteiger partial charge on any atom is -0.445 e. The molecule has 148 valence electrons. The molecule has 0 atom stereocenters. The maximum Gasteiger partial charge on any atom is 0.434 e. The molecule has 0 unspecified atom stereocenters. The quantitative estimate of drug-likeness (QED) is 0.725. The minimum absolute atomic E-state index is 0.157. The molecule has 3 rings (SSSR count). The number of hydrogen-bond donors (Lipinski definition) is 2. The van der Waals surface area contributed by atoms with Crippen LogP contribution < -0.4 is 11.1 Å². The Morgan fingerprint density at radius 2 is 2.00 bits per heavy atom. The van der Waals surface area contributed by atoms with E-state index in [2.05, 4.69) is 15.3 Å². The molecule has 1 fully saturated rings. The summed E-state index contributed by atoms with van der Waals surface area (Å²) in [5.74, 6) is -2.65. The molecule has 1 aliphatic rings. The Balaban J connectivity index is 1.91. The third-order valence-corrected chi connectivity index (χ3v) is 4.49. The third kappa shape index (κ3) is 4.01. The Morgan fingerprint density at radius 3 is 2.54 bits per heavy atom. The first-order valence-corrected chi connectivity index (χ1v) is 8.49. The van der Waals surface area contributed by atoms with E-state index in [0.29, 0.717) is 23.3 Å². The number of carbonyl (C=O) groups excluding carboxylic acids is 2. The molecule has 11 heteroatoms. The topological polar surface area (TPSA) is 107 Å². The molecular weight excluding hydrogens is 401 g/mol. The zero-order valence-electron chi connectivity index (χ0n) is 14.2. The molecule has 1 heterocycles. The van der Waals surface area contributed by atoms with Gasteiger partial charge in [-0.2, -0.15) is 13.2 Å². The number of amides is 1. The average Bonchev–Trinajstić information content (AvgIpc) is 2.56. The molecular formula is C17H14ClF3N4O3. The number of benzene rings is 1. The maximum absolute atomic E-state index is 13.4. The summed E-state index contributed by atoms with van der Waals surface area (Å²) in [5, 5.41) is 2.94. The van der Waals surface area contributed by atoms with E-state index in [1.165, 1.54) is 6.07 Å². The summed E-state index contributed by atoms with van der Waals surface area (Å²) in [6, 6.07) is 6.19. The lowest BCUT2D eigenvalue weighted by Gasteiger charge is -2.37. The van der Waals surface area contributed by atoms with Gasteiger partial charge in [-0.3, -0.25) is 4.79 Å². The molecule has 0 spiro atoms. The van der Waals surface area contributed by atoms with E-state index in [0.717, 1.165) is 0 Å². The number of rotatable bonds is 5. The van der Waals surface area contributed by atoms with Gasteiger partial charge >= 0.3 is 12.1 Å². The van der Waals surface area contributed by atoms with Crippen molar-refractivity contribution >= 4 is 35.1 Å². The molecule has 2 aromatic rings. The number of primary amides is 1. The van der Waals surface area contributed by atoms with Gasteiger partial charge < -0.3 is 15.8 Å². The number of aromatic nitrogens is 2. The van der Waals surface area contributed by atoms with Crippen LogP contribution in [0.1, 0.15) is 35.3 Å². The van der Waals surface area contributed by atoms with Gasteiger partial charge in [-0.05, 0) is 37.5 Å². The predicted octanol–water partition coefficient (Wildman–Crippen LogP) is 3.46. The predicted molar refractivity (Wildman–Crippen MR) is 93.0 cm³/mol. The molecule has 3 N–H and O–H groups in total. The minimum atomic E-state index is -4.96. The molecule has 0 saturated heterocycles. The Kier molecular flexibility index (Phi) is 5.16. The van der Waals surface area contributed by atoms with E-state index in [9.17, 15) is 22.8 Å². The van der Waals surface area contributed by atoms with Gasteiger partial charge in [0.05, 0.1) is 0 Å². The number of nitrogens with zero attached hydrogens (tertiary/aromatic N) is 2. The van der Waals surface area contributed by atoms with Gasteiger partial charge in [0.25, 0.3) is 5.91 Å². The van der Waals surface area contributed by atoms with Crippen molar-refractivity contribution in [1.29, 1.82) is 0 Å². The van der Waals surface area contributed by atoms with E-state index in [1.54, 1.807) is 18.2 Å². The van der Waals surface area contributed by atoms with Gasteiger partial charge in [0, 0.05) is 16.9 Å². The summed E-state index contributed by atoms with van der Waals surface area (Å²) in [6.07, 6.45) is -3.38. The summed E-state index contributed by atoms with van der Waals surface area (Å²) in [6.45, 7) is 0. The summed E-state index contributed by atoms with van der Waals surface area (Å²) < 4.78 is 45.3. The van der Waals surface area contributed by atoms with Crippen LogP contribution in [0.2, 0.25) is 5.02 Å². The summed E-state index contributed by atoms with van der Waals surface area (Å²) in [5.41, 5.74) is 1.59. The molecule has 1 aliphatic carbocycles. The Hall–Kier alpha value is -2.88. The summed E-state index contributed by atoms with van der Waals surface area (Å²) in [4.78, 5) is 30.9. The summed E-state index contributed by atoms with van der Waals surface area (Å²) in [7, 11) is 0. The zero-order valence-corrected chi connectivity index (χ0v) is 15.0. The van der Waals surface area contributed by atoms with Crippen molar-refractivity contribution < 1.29 is 27.5 Å². The van der Waals surface area contributed by atoms with Crippen molar-refractivity contribution in [2.75, 3.05) is 5.32 Å². The van der Waals surface area contributed by atoms with Crippen LogP contribution in [0, 0.1) is 0 Å². The van der Waals surface area contributed by atoms with Gasteiger partial charge in [0.15, 0.2) is 11.3 Å². The van der Waals surface area contributed by atoms with Crippen molar-refractivity contribution in [3.05, 3.63) is 46.7 Å². The molecule has 1 amide bonds. The van der Waals surface area contributed by atoms with Gasteiger partial charge in [0.1, 0.15) is 5.56 Å². The number of nitrogens with two attached hydrogens (primary N) is 1. The lowest BCUT2D eigenvalue weighted by Crippen LogP contribution is -2.52. The fourth-order valence-electron chi connectivity index (χ4n) is 2.63. The van der Waals surface area contributed by atoms with Crippen LogP contribution in [0.3, 0.4) is 0 Å². The number of anilines is 2. The number of hydrogen-bond acceptors (Lipinski definition) is 6. The second kappa shape index (κ2) is 7.27. The summed E-state index contributed by atoms with van der Waals surface area (Å²) >= 11 is 5.83. The number of ether oxygens (including phenoxy) is 1. The van der Waals surface area contributed by atoms with E-state index in [1.807, 2.05) is 0 Å². The lowest BCUT2D eigenvalue weighted by molar-refractivity contribution is -0.147. The molecule has 0 aliphatic heterocycles. The largest absolute Gasteiger partial charge is 0.445 e. The second-order valence-electron chi connectivity index (χ2n) is 6.19. The SMILES string of the molecule is NC(=O)C1(OC(=O)c2cnc(Nc3cccc(Cl)c3)nc2C(F)(F)F)CCC1. The highest BCUT2D eigenvalue weighted by atomic mass is 35.5. The highest BCUT2D eigenvalue weighted by Gasteiger charge is 2.48. The van der Waals surface area contributed by atoms with Gasteiger partial charge in [-0.25, -0.2) is 14.8 Å². The van der Waals surface area contributed by atoms with Crippen LogP contribution in [-0.4, -0.2) is 27.4 Å². The second-order valence-corrected chi connectivity index (χ2v) is 6.63. The van der Waals surface area contributed by atoms with Gasteiger partial charge in [-0.1, -0.05) is 17.7 Å². The van der Waals surface area contributed by atoms with Crippen LogP contribution in [-0.2, 0) is 15.7 Å². The van der Waals surface area contributed by atoms with Crippen molar-refractivity contribution in [1.82, 2.24) is 9.97 Å². The van der Waals surface area contributed by atoms with E-state index < -0.39 is 34.9 Å². The number of esters is 1. The molecule has 28 heavy (non-hydrogen) atoms. The maximum atomic E-state index is 13.4. The van der Waals surface area contributed by atoms with Crippen molar-refractivity contribution in [2.45, 2.75) is 31.0 Å². The normalized spacial score (nSPS) is 15.4. The monoisotopic (exact) mass is 414 g/mol. The molecule has 1 aromatic carbocycles. The number of carbonyl (C=O) groups is 2. The smallest absolute Gasteiger partial charge is 0.434 e. The van der Waals surface area contributed by atoms with Crippen LogP contribution >= 0.6 is 11.6 Å². The average molecular weight is 415 g/mol. The van der Waals surface area contributed by atoms with Crippen molar-refractivity contribution in [3.8, 4) is 0 Å². The molecule has 0 radical (unpaired) electrons. The fraction of sp³-hybridized carbons (Fsp3) is 0.294. The van der Waals surface area contributed by atoms with E-state index >= 15 is 0 Å². The Bertz CT molecular complexity index is 932. The Labute approximate surface area is 162 Å². The standard InChI is InChI=1S/C17H14ClF3N4O3/c18-9-3-1-4-10(7-9)24-15-23-8-11(12(25-15)17(19,20)21)13(26)28-16(14(22)27)5-2-6-16/h1,3-4,7-8H,2,5-6H2,(H2,22,27)(H,23,24,25). The molecule has 1 aromatic heterocycles. The van der Waals surface area contributed by atoms with E-state index in [4.69, 9.17) is 22.1 Å². The van der Waals surface area contributed by atoms with Crippen molar-refractivity contribution in [2.24, 2.45) is 5.73 Å². The van der Waals surface area contributed by atoms with Crippen molar-refractivity contribution in [3.63, 3.8) is 0 Å². The first-order chi connectivity index (χ1) is 13.1. The first kappa shape index (κ1) is 19.9. The fourth-order valence-corrected chi connectivity index (χ4v) is 2.82.